The van der Waals surface area contributed by atoms with Crippen LogP contribution < -0.4 is 0 Å². The molecule has 4 rings (SSSR count). The molecule has 0 saturated heterocycles. The third-order valence-corrected chi connectivity index (χ3v) is 9.87. The van der Waals surface area contributed by atoms with Crippen molar-refractivity contribution in [1.29, 1.82) is 0 Å². The molecule has 0 N–H and O–H groups in total. The van der Waals surface area contributed by atoms with E-state index in [4.69, 9.17) is 3.07 Å². The third-order valence-electron chi connectivity index (χ3n) is 4.79. The second-order valence-corrected chi connectivity index (χ2v) is 11.3. The fraction of sp³-hybridized carbons (Fsp3) is 0.190. The molecule has 0 atom stereocenters. The van der Waals surface area contributed by atoms with Crippen molar-refractivity contribution in [2.75, 3.05) is 0 Å². The number of benzene rings is 2. The summed E-state index contributed by atoms with van der Waals surface area (Å²) in [4.78, 5) is 0. The summed E-state index contributed by atoms with van der Waals surface area (Å²) in [6.45, 7) is 1.52. The van der Waals surface area contributed by atoms with Crippen molar-refractivity contribution < 1.29 is 29.4 Å². The van der Waals surface area contributed by atoms with Crippen molar-refractivity contribution in [2.24, 2.45) is 0 Å². The summed E-state index contributed by atoms with van der Waals surface area (Å²) in [5.74, 6) is 0. The Morgan fingerprint density at radius 1 is 0.903 bits per heavy atom. The molecule has 0 aliphatic carbocycles. The van der Waals surface area contributed by atoms with Crippen LogP contribution in [0.15, 0.2) is 76.6 Å². The van der Waals surface area contributed by atoms with Gasteiger partial charge in [0.05, 0.1) is 0 Å². The Labute approximate surface area is 181 Å². The predicted octanol–water partition coefficient (Wildman–Crippen LogP) is 6.76. The molecule has 0 fully saturated rings. The van der Waals surface area contributed by atoms with Crippen LogP contribution in [-0.4, -0.2) is 22.1 Å². The first-order chi connectivity index (χ1) is 14.6. The molecule has 2 aromatic carbocycles. The maximum atomic E-state index is 14.0. The molecule has 1 aliphatic rings. The van der Waals surface area contributed by atoms with E-state index in [0.29, 0.717) is 14.8 Å². The van der Waals surface area contributed by atoms with E-state index in [2.05, 4.69) is 5.10 Å². The van der Waals surface area contributed by atoms with E-state index in [0.717, 1.165) is 6.07 Å². The molecule has 1 aromatic heterocycles. The van der Waals surface area contributed by atoms with E-state index in [9.17, 15) is 26.3 Å². The number of nitrogens with zero attached hydrogens (tertiary/aromatic N) is 2. The first-order valence-electron chi connectivity index (χ1n) is 8.96. The maximum absolute atomic E-state index is 14.0. The first-order valence-corrected chi connectivity index (χ1v) is 12.0. The Balaban J connectivity index is 1.98. The summed E-state index contributed by atoms with van der Waals surface area (Å²) in [5, 5.41) is 4.16. The molecule has 2 heterocycles. The Kier molecular flexibility index (Phi) is 5.41. The average molecular weight is 552 g/mol. The molecule has 0 saturated carbocycles. The van der Waals surface area contributed by atoms with Gasteiger partial charge in [-0.05, 0) is 0 Å². The van der Waals surface area contributed by atoms with E-state index in [1.165, 1.54) is 36.0 Å². The van der Waals surface area contributed by atoms with Gasteiger partial charge in [-0.2, -0.15) is 0 Å². The number of aromatic nitrogens is 2. The molecule has 3 nitrogen and oxygen atoms in total. The molecular weight excluding hydrogens is 537 g/mol. The number of rotatable bonds is 3. The van der Waals surface area contributed by atoms with Gasteiger partial charge in [0.1, 0.15) is 0 Å². The Hall–Kier alpha value is -2.34. The summed E-state index contributed by atoms with van der Waals surface area (Å²) < 4.78 is 90.7. The summed E-state index contributed by atoms with van der Waals surface area (Å²) in [6, 6.07) is 15.0. The summed E-state index contributed by atoms with van der Waals surface area (Å²) in [7, 11) is 0. The fourth-order valence-corrected chi connectivity index (χ4v) is 8.91. The van der Waals surface area contributed by atoms with Gasteiger partial charge >= 0.3 is 181 Å². The SMILES string of the molecule is C/C(=C(/c1ccccc1)n1cccn1)I1OC(C(F)(F)F)(C(F)(F)F)c2ccccc21. The van der Waals surface area contributed by atoms with Gasteiger partial charge in [0.15, 0.2) is 0 Å². The van der Waals surface area contributed by atoms with Gasteiger partial charge in [0.2, 0.25) is 0 Å². The number of hydrogen-bond acceptors (Lipinski definition) is 2. The second-order valence-electron chi connectivity index (χ2n) is 6.68. The molecule has 3 aromatic rings. The van der Waals surface area contributed by atoms with E-state index >= 15 is 0 Å². The zero-order chi connectivity index (χ0) is 22.4. The number of allylic oxidation sites excluding steroid dienone is 1. The number of fused-ring (bicyclic) bond motifs is 1. The second kappa shape index (κ2) is 7.66. The number of halogens is 7. The molecule has 0 radical (unpaired) electrons. The molecule has 164 valence electrons. The van der Waals surface area contributed by atoms with Crippen LogP contribution in [0.4, 0.5) is 26.3 Å². The van der Waals surface area contributed by atoms with Crippen LogP contribution in [0.2, 0.25) is 0 Å². The van der Waals surface area contributed by atoms with Gasteiger partial charge in [-0.3, -0.25) is 0 Å². The van der Waals surface area contributed by atoms with Crippen molar-refractivity contribution in [1.82, 2.24) is 9.78 Å². The van der Waals surface area contributed by atoms with Crippen molar-refractivity contribution in [3.63, 3.8) is 0 Å². The average Bonchev–Trinajstić information content (AvgIpc) is 3.34. The number of alkyl halides is 6. The van der Waals surface area contributed by atoms with Crippen LogP contribution in [0.3, 0.4) is 0 Å². The molecule has 31 heavy (non-hydrogen) atoms. The monoisotopic (exact) mass is 552 g/mol. The van der Waals surface area contributed by atoms with Crippen LogP contribution in [-0.2, 0) is 8.67 Å². The quantitative estimate of drug-likeness (QED) is 0.265. The van der Waals surface area contributed by atoms with Crippen molar-refractivity contribution >= 4 is 25.9 Å². The van der Waals surface area contributed by atoms with Gasteiger partial charge in [0, 0.05) is 0 Å². The normalized spacial score (nSPS) is 18.0. The summed E-state index contributed by atoms with van der Waals surface area (Å²) in [5.41, 5.74) is -4.22. The van der Waals surface area contributed by atoms with E-state index in [1.54, 1.807) is 42.6 Å². The van der Waals surface area contributed by atoms with Crippen LogP contribution in [0, 0.1) is 3.57 Å². The molecule has 1 aliphatic heterocycles. The zero-order valence-electron chi connectivity index (χ0n) is 15.9. The Bertz CT molecular complexity index is 1090. The summed E-state index contributed by atoms with van der Waals surface area (Å²) >= 11 is -3.62. The van der Waals surface area contributed by atoms with Gasteiger partial charge < -0.3 is 0 Å². The molecule has 0 spiro atoms. The minimum atomic E-state index is -5.67. The van der Waals surface area contributed by atoms with Crippen molar-refractivity contribution in [3.8, 4) is 0 Å². The molecule has 0 amide bonds. The van der Waals surface area contributed by atoms with E-state index < -0.39 is 43.8 Å². The van der Waals surface area contributed by atoms with Crippen LogP contribution in [0.25, 0.3) is 5.70 Å². The van der Waals surface area contributed by atoms with Gasteiger partial charge in [-0.1, -0.05) is 0 Å². The summed E-state index contributed by atoms with van der Waals surface area (Å²) in [6.07, 6.45) is -8.28. The van der Waals surface area contributed by atoms with Crippen LogP contribution in [0.1, 0.15) is 18.1 Å². The van der Waals surface area contributed by atoms with Crippen molar-refractivity contribution in [3.05, 3.63) is 91.3 Å². The molecule has 0 bridgehead atoms. The number of hydrogen-bond donors (Lipinski definition) is 0. The topological polar surface area (TPSA) is 27.1 Å². The van der Waals surface area contributed by atoms with E-state index in [-0.39, 0.29) is 3.57 Å². The Morgan fingerprint density at radius 2 is 1.52 bits per heavy atom. The van der Waals surface area contributed by atoms with Crippen molar-refractivity contribution in [2.45, 2.75) is 24.9 Å². The van der Waals surface area contributed by atoms with Crippen LogP contribution in [0.5, 0.6) is 0 Å². The zero-order valence-corrected chi connectivity index (χ0v) is 18.0. The predicted molar refractivity (Wildman–Crippen MR) is 111 cm³/mol. The van der Waals surface area contributed by atoms with Gasteiger partial charge in [0.25, 0.3) is 0 Å². The molecule has 10 heteroatoms. The minimum absolute atomic E-state index is 0.0283. The molecule has 0 unspecified atom stereocenters. The molecular formula is C21H15F6IN2O. The van der Waals surface area contributed by atoms with Gasteiger partial charge in [-0.15, -0.1) is 0 Å². The van der Waals surface area contributed by atoms with Crippen LogP contribution >= 0.6 is 20.2 Å². The van der Waals surface area contributed by atoms with Gasteiger partial charge in [-0.25, -0.2) is 0 Å². The third kappa shape index (κ3) is 3.45. The standard InChI is InChI=1S/C21H15F6IN2O/c1-14(18(30-13-7-12-29-30)15-8-3-2-4-9-15)28-17-11-6-5-10-16(17)19(31-28,20(22,23)24)21(25,26)27/h2-13H,1H3/b18-14+. The Morgan fingerprint density at radius 3 is 2.10 bits per heavy atom. The van der Waals surface area contributed by atoms with E-state index in [1.807, 2.05) is 0 Å². The fourth-order valence-electron chi connectivity index (χ4n) is 3.43. The first kappa shape index (κ1) is 21.9.